The summed E-state index contributed by atoms with van der Waals surface area (Å²) in [5, 5.41) is 15.6. The van der Waals surface area contributed by atoms with Gasteiger partial charge in [-0.1, -0.05) is 259 Å². The maximum atomic E-state index is 2.55. The number of fused-ring (bicyclic) bond motifs is 6. The van der Waals surface area contributed by atoms with Crippen molar-refractivity contribution >= 4 is 118 Å². The molecule has 0 saturated carbocycles. The number of aromatic nitrogens is 2. The molecular weight excluding hydrogens is 1070 g/mol. The summed E-state index contributed by atoms with van der Waals surface area (Å²) in [6.07, 6.45) is 0. The van der Waals surface area contributed by atoms with E-state index in [1.807, 2.05) is 0 Å². The molecule has 86 heavy (non-hydrogen) atoms. The maximum Gasteiger partial charge on any atom is 0.179 e. The Morgan fingerprint density at radius 2 is 0.465 bits per heavy atom. The van der Waals surface area contributed by atoms with Gasteiger partial charge < -0.3 is 14.0 Å². The number of aryl methyl sites for hydroxylation is 3. The molecule has 0 spiro atoms. The lowest BCUT2D eigenvalue weighted by Crippen LogP contribution is -2.74. The van der Waals surface area contributed by atoms with Gasteiger partial charge in [0, 0.05) is 50.0 Å². The first-order chi connectivity index (χ1) is 42.4. The molecule has 15 aromatic rings. The van der Waals surface area contributed by atoms with Crippen LogP contribution in [0.4, 0.5) is 17.1 Å². The summed E-state index contributed by atoms with van der Waals surface area (Å²) in [5.41, 5.74) is 13.9. The van der Waals surface area contributed by atoms with Crippen LogP contribution in [0, 0.1) is 20.8 Å². The van der Waals surface area contributed by atoms with Crippen LogP contribution in [-0.4, -0.2) is 25.3 Å². The first-order valence-corrected chi connectivity index (χ1v) is 33.9. The van der Waals surface area contributed by atoms with Crippen molar-refractivity contribution in [2.75, 3.05) is 4.90 Å². The van der Waals surface area contributed by atoms with E-state index in [1.165, 1.54) is 90.8 Å². The van der Waals surface area contributed by atoms with Crippen LogP contribution in [0.25, 0.3) is 55.0 Å². The highest BCUT2D eigenvalue weighted by atomic mass is 28.3. The lowest BCUT2D eigenvalue weighted by atomic mass is 10.1. The zero-order valence-corrected chi connectivity index (χ0v) is 50.5. The lowest BCUT2D eigenvalue weighted by Gasteiger charge is -2.34. The highest BCUT2D eigenvalue weighted by molar-refractivity contribution is 7.20. The molecule has 0 atom stereocenters. The number of hydrogen-bond acceptors (Lipinski definition) is 1. The van der Waals surface area contributed by atoms with E-state index in [0.29, 0.717) is 0 Å². The van der Waals surface area contributed by atoms with Crippen LogP contribution in [0.3, 0.4) is 0 Å². The van der Waals surface area contributed by atoms with E-state index in [9.17, 15) is 0 Å². The molecule has 13 aromatic carbocycles. The first kappa shape index (κ1) is 52.5. The first-order valence-electron chi connectivity index (χ1n) is 29.9. The number of anilines is 3. The molecule has 0 saturated heterocycles. The van der Waals surface area contributed by atoms with Gasteiger partial charge in [-0.3, -0.25) is 0 Å². The van der Waals surface area contributed by atoms with Crippen LogP contribution in [-0.2, 0) is 0 Å². The van der Waals surface area contributed by atoms with Gasteiger partial charge in [-0.05, 0) is 147 Å². The largest absolute Gasteiger partial charge is 0.310 e. The average Bonchev–Trinajstić information content (AvgIpc) is 1.49. The van der Waals surface area contributed by atoms with Crippen LogP contribution >= 0.6 is 0 Å². The van der Waals surface area contributed by atoms with Gasteiger partial charge in [0.05, 0.1) is 22.1 Å². The van der Waals surface area contributed by atoms with Gasteiger partial charge in [0.2, 0.25) is 0 Å². The number of nitrogens with zero attached hydrogens (tertiary/aromatic N) is 3. The number of rotatable bonds is 13. The molecule has 0 aliphatic rings. The molecule has 2 aromatic heterocycles. The van der Waals surface area contributed by atoms with Gasteiger partial charge in [-0.2, -0.15) is 0 Å². The predicted octanol–water partition coefficient (Wildman–Crippen LogP) is 15.0. The van der Waals surface area contributed by atoms with Crippen LogP contribution in [0.2, 0.25) is 0 Å². The summed E-state index contributed by atoms with van der Waals surface area (Å²) in [5.74, 6) is 0. The predicted molar refractivity (Wildman–Crippen MR) is 371 cm³/mol. The van der Waals surface area contributed by atoms with E-state index < -0.39 is 16.1 Å². The Kier molecular flexibility index (Phi) is 13.3. The van der Waals surface area contributed by atoms with Crippen molar-refractivity contribution in [1.82, 2.24) is 9.13 Å². The minimum Gasteiger partial charge on any atom is -0.310 e. The van der Waals surface area contributed by atoms with Gasteiger partial charge >= 0.3 is 0 Å². The van der Waals surface area contributed by atoms with Crippen molar-refractivity contribution < 1.29 is 0 Å². The third-order valence-electron chi connectivity index (χ3n) is 18.0. The molecule has 3 nitrogen and oxygen atoms in total. The molecule has 0 N–H and O–H groups in total. The second-order valence-electron chi connectivity index (χ2n) is 23.1. The smallest absolute Gasteiger partial charge is 0.179 e. The SMILES string of the molecule is Cc1ccc(N(c2ccc3c(c2)c2cc([Si](c4ccccc4)(c4ccccc4)c4ccccc4)ccc2n3-c2ccc(C)cc2)c2ccc3c(c2)c2cc([Si](c4ccccc4)(c4ccccc4)c4ccccc4)ccc2n3-c2ccc(C)cc2)cc1. The third-order valence-corrected chi connectivity index (χ3v) is 27.5. The van der Waals surface area contributed by atoms with Crippen molar-refractivity contribution in [1.29, 1.82) is 0 Å². The second kappa shape index (κ2) is 21.7. The van der Waals surface area contributed by atoms with E-state index >= 15 is 0 Å². The maximum absolute atomic E-state index is 2.90. The molecule has 15 rings (SSSR count). The van der Waals surface area contributed by atoms with E-state index in [1.54, 1.807) is 0 Å². The Balaban J connectivity index is 0.997. The van der Waals surface area contributed by atoms with E-state index in [2.05, 4.69) is 362 Å². The fraction of sp³-hybridized carbons (Fsp3) is 0.0370. The molecular formula is C81H63N3Si2. The summed E-state index contributed by atoms with van der Waals surface area (Å²) < 4.78 is 4.94. The molecule has 0 radical (unpaired) electrons. The van der Waals surface area contributed by atoms with Gasteiger partial charge in [0.25, 0.3) is 0 Å². The monoisotopic (exact) mass is 1130 g/mol. The Morgan fingerprint density at radius 1 is 0.221 bits per heavy atom. The van der Waals surface area contributed by atoms with Gasteiger partial charge in [-0.25, -0.2) is 0 Å². The summed E-state index contributed by atoms with van der Waals surface area (Å²) in [7, 11) is -5.79. The Labute approximate surface area is 505 Å². The number of hydrogen-bond donors (Lipinski definition) is 0. The molecule has 410 valence electrons. The standard InChI is InChI=1S/C81H63N3Si2/c1-58-34-40-61(41-35-58)82(64-46-50-78-74(54-64)76-56-72(48-52-80(76)83(78)62-42-36-59(2)37-43-62)85(66-22-10-4-11-23-66,67-24-12-5-13-25-67)68-26-14-6-15-27-68)65-47-51-79-75(55-65)77-57-73(49-53-81(77)84(79)63-44-38-60(3)39-45-63)86(69-28-16-7-17-29-69,70-30-18-8-19-31-70)71-32-20-9-21-33-71/h4-57H,1-3H3. The van der Waals surface area contributed by atoms with Crippen LogP contribution in [0.5, 0.6) is 0 Å². The third kappa shape index (κ3) is 8.69. The van der Waals surface area contributed by atoms with Crippen LogP contribution in [0.15, 0.2) is 328 Å². The van der Waals surface area contributed by atoms with Crippen molar-refractivity contribution in [3.63, 3.8) is 0 Å². The van der Waals surface area contributed by atoms with Gasteiger partial charge in [0.15, 0.2) is 16.1 Å². The normalized spacial score (nSPS) is 11.9. The van der Waals surface area contributed by atoms with E-state index in [-0.39, 0.29) is 0 Å². The summed E-state index contributed by atoms with van der Waals surface area (Å²) in [6.45, 7) is 6.51. The van der Waals surface area contributed by atoms with Crippen molar-refractivity contribution in [3.8, 4) is 11.4 Å². The lowest BCUT2D eigenvalue weighted by molar-refractivity contribution is 1.17. The quantitative estimate of drug-likeness (QED) is 0.0828. The molecule has 0 aliphatic heterocycles. The highest BCUT2D eigenvalue weighted by Gasteiger charge is 2.43. The average molecular weight is 1130 g/mol. The molecule has 0 bridgehead atoms. The summed E-state index contributed by atoms with van der Waals surface area (Å²) in [4.78, 5) is 2.48. The van der Waals surface area contributed by atoms with Crippen LogP contribution < -0.4 is 46.4 Å². The van der Waals surface area contributed by atoms with Crippen molar-refractivity contribution in [3.05, 3.63) is 344 Å². The van der Waals surface area contributed by atoms with E-state index in [4.69, 9.17) is 0 Å². The minimum absolute atomic E-state index is 1.08. The molecule has 5 heteroatoms. The zero-order valence-electron chi connectivity index (χ0n) is 48.5. The van der Waals surface area contributed by atoms with Crippen LogP contribution in [0.1, 0.15) is 16.7 Å². The molecule has 0 unspecified atom stereocenters. The van der Waals surface area contributed by atoms with Gasteiger partial charge in [0.1, 0.15) is 0 Å². The van der Waals surface area contributed by atoms with Crippen molar-refractivity contribution in [2.24, 2.45) is 0 Å². The number of benzene rings is 13. The molecule has 0 amide bonds. The fourth-order valence-corrected chi connectivity index (χ4v) is 23.5. The zero-order chi connectivity index (χ0) is 57.8. The fourth-order valence-electron chi connectivity index (χ4n) is 14.0. The summed E-state index contributed by atoms with van der Waals surface area (Å²) in [6, 6.07) is 124. The van der Waals surface area contributed by atoms with E-state index in [0.717, 1.165) is 39.5 Å². The Bertz CT molecular complexity index is 4420. The van der Waals surface area contributed by atoms with Gasteiger partial charge in [-0.15, -0.1) is 0 Å². The Hall–Kier alpha value is -10.3. The minimum atomic E-state index is -2.90. The Morgan fingerprint density at radius 3 is 0.756 bits per heavy atom. The summed E-state index contributed by atoms with van der Waals surface area (Å²) >= 11 is 0. The second-order valence-corrected chi connectivity index (χ2v) is 30.7. The highest BCUT2D eigenvalue weighted by Crippen LogP contribution is 2.43. The molecule has 0 fully saturated rings. The molecule has 0 aliphatic carbocycles. The van der Waals surface area contributed by atoms with Crippen molar-refractivity contribution in [2.45, 2.75) is 20.8 Å². The topological polar surface area (TPSA) is 13.1 Å². The molecule has 2 heterocycles.